The van der Waals surface area contributed by atoms with Crippen LogP contribution in [0.3, 0.4) is 0 Å². The fraction of sp³-hybridized carbons (Fsp3) is 0.444. The Morgan fingerprint density at radius 1 is 1.53 bits per heavy atom. The van der Waals surface area contributed by atoms with Gasteiger partial charge in [0.15, 0.2) is 11.6 Å². The van der Waals surface area contributed by atoms with Crippen molar-refractivity contribution in [3.63, 3.8) is 0 Å². The molecule has 3 N–H and O–H groups in total. The van der Waals surface area contributed by atoms with Crippen LogP contribution >= 0.6 is 0 Å². The Balaban J connectivity index is 3.23. The molecule has 0 bridgehead atoms. The van der Waals surface area contributed by atoms with Crippen molar-refractivity contribution in [2.45, 2.75) is 6.10 Å². The second kappa shape index (κ2) is 4.90. The zero-order valence-electron chi connectivity index (χ0n) is 8.53. The van der Waals surface area contributed by atoms with Crippen LogP contribution < -0.4 is 15.2 Å². The number of aliphatic hydroxyl groups excluding tert-OH is 1. The number of methoxy groups -OCH3 is 2. The number of ether oxygens (including phenoxy) is 2. The molecule has 0 amide bonds. The molecule has 0 aromatic carbocycles. The third-order valence-corrected chi connectivity index (χ3v) is 1.89. The Morgan fingerprint density at radius 2 is 2.20 bits per heavy atom. The van der Waals surface area contributed by atoms with Gasteiger partial charge in [0, 0.05) is 12.6 Å². The summed E-state index contributed by atoms with van der Waals surface area (Å²) in [6.07, 6.45) is -1.17. The summed E-state index contributed by atoms with van der Waals surface area (Å²) in [6.45, 7) is -0.125. The van der Waals surface area contributed by atoms with Crippen molar-refractivity contribution in [3.8, 4) is 11.6 Å². The zero-order valence-corrected chi connectivity index (χ0v) is 8.53. The summed E-state index contributed by atoms with van der Waals surface area (Å²) in [5, 5.41) is 9.41. The molecule has 5 nitrogen and oxygen atoms in total. The molecule has 0 aliphatic rings. The number of nitrogens with two attached hydrogens (primary N) is 1. The van der Waals surface area contributed by atoms with Gasteiger partial charge in [-0.2, -0.15) is 0 Å². The predicted molar refractivity (Wildman–Crippen MR) is 51.3 cm³/mol. The molecule has 0 fully saturated rings. The van der Waals surface area contributed by atoms with Gasteiger partial charge in [-0.25, -0.2) is 9.37 Å². The van der Waals surface area contributed by atoms with Crippen LogP contribution in [-0.4, -0.2) is 30.9 Å². The maximum Gasteiger partial charge on any atom is 0.217 e. The minimum absolute atomic E-state index is 0.0376. The monoisotopic (exact) mass is 216 g/mol. The van der Waals surface area contributed by atoms with E-state index in [9.17, 15) is 9.50 Å². The lowest BCUT2D eigenvalue weighted by atomic mass is 10.2. The molecule has 1 aromatic rings. The first-order valence-corrected chi connectivity index (χ1v) is 4.30. The van der Waals surface area contributed by atoms with Crippen LogP contribution in [0.25, 0.3) is 0 Å². The van der Waals surface area contributed by atoms with Crippen LogP contribution in [0.4, 0.5) is 4.39 Å². The second-order valence-electron chi connectivity index (χ2n) is 2.82. The van der Waals surface area contributed by atoms with Crippen molar-refractivity contribution in [3.05, 3.63) is 17.6 Å². The molecule has 6 heteroatoms. The van der Waals surface area contributed by atoms with Gasteiger partial charge in [0.05, 0.1) is 14.2 Å². The third kappa shape index (κ3) is 2.34. The van der Waals surface area contributed by atoms with Crippen LogP contribution in [0.15, 0.2) is 6.07 Å². The van der Waals surface area contributed by atoms with Crippen LogP contribution in [0.5, 0.6) is 11.6 Å². The number of rotatable bonds is 4. The zero-order chi connectivity index (χ0) is 11.4. The first-order valence-electron chi connectivity index (χ1n) is 4.30. The van der Waals surface area contributed by atoms with Gasteiger partial charge in [0.1, 0.15) is 11.8 Å². The highest BCUT2D eigenvalue weighted by Crippen LogP contribution is 2.27. The average molecular weight is 216 g/mol. The van der Waals surface area contributed by atoms with E-state index in [-0.39, 0.29) is 23.9 Å². The standard InChI is InChI=1S/C9H13FN2O3/c1-14-6-3-7(15-2)12-9(8(6)10)5(13)4-11/h3,5,13H,4,11H2,1-2H3. The molecule has 1 heterocycles. The molecule has 0 saturated heterocycles. The van der Waals surface area contributed by atoms with E-state index in [2.05, 4.69) is 4.98 Å². The van der Waals surface area contributed by atoms with Gasteiger partial charge in [-0.05, 0) is 0 Å². The SMILES string of the molecule is COc1cc(OC)c(F)c(C(O)CN)n1. The van der Waals surface area contributed by atoms with Gasteiger partial charge in [0.25, 0.3) is 0 Å². The second-order valence-corrected chi connectivity index (χ2v) is 2.82. The summed E-state index contributed by atoms with van der Waals surface area (Å²) in [7, 11) is 2.70. The normalized spacial score (nSPS) is 12.3. The first kappa shape index (κ1) is 11.7. The van der Waals surface area contributed by atoms with Crippen molar-refractivity contribution in [2.24, 2.45) is 5.73 Å². The molecule has 1 atom stereocenters. The highest BCUT2D eigenvalue weighted by molar-refractivity contribution is 5.33. The molecule has 0 aliphatic carbocycles. The van der Waals surface area contributed by atoms with Gasteiger partial charge >= 0.3 is 0 Å². The van der Waals surface area contributed by atoms with Crippen LogP contribution in [0.1, 0.15) is 11.8 Å². The maximum atomic E-state index is 13.6. The molecule has 15 heavy (non-hydrogen) atoms. The molecule has 84 valence electrons. The molecule has 0 radical (unpaired) electrons. The lowest BCUT2D eigenvalue weighted by Crippen LogP contribution is -2.15. The van der Waals surface area contributed by atoms with E-state index in [1.807, 2.05) is 0 Å². The van der Waals surface area contributed by atoms with Crippen molar-refractivity contribution in [2.75, 3.05) is 20.8 Å². The van der Waals surface area contributed by atoms with E-state index in [0.29, 0.717) is 0 Å². The van der Waals surface area contributed by atoms with Gasteiger partial charge in [-0.15, -0.1) is 0 Å². The molecular formula is C9H13FN2O3. The van der Waals surface area contributed by atoms with Crippen molar-refractivity contribution in [1.29, 1.82) is 0 Å². The quantitative estimate of drug-likeness (QED) is 0.753. The number of nitrogens with zero attached hydrogens (tertiary/aromatic N) is 1. The maximum absolute atomic E-state index is 13.6. The number of aliphatic hydroxyl groups is 1. The fourth-order valence-corrected chi connectivity index (χ4v) is 1.09. The lowest BCUT2D eigenvalue weighted by molar-refractivity contribution is 0.173. The predicted octanol–water partition coefficient (Wildman–Crippen LogP) is 0.230. The van der Waals surface area contributed by atoms with Crippen LogP contribution in [0, 0.1) is 5.82 Å². The minimum atomic E-state index is -1.17. The third-order valence-electron chi connectivity index (χ3n) is 1.89. The lowest BCUT2D eigenvalue weighted by Gasteiger charge is -2.12. The Hall–Kier alpha value is -1.40. The van der Waals surface area contributed by atoms with E-state index in [1.54, 1.807) is 0 Å². The Labute approximate surface area is 86.6 Å². The Morgan fingerprint density at radius 3 is 2.67 bits per heavy atom. The van der Waals surface area contributed by atoms with Gasteiger partial charge in [0.2, 0.25) is 5.88 Å². The van der Waals surface area contributed by atoms with E-state index >= 15 is 0 Å². The van der Waals surface area contributed by atoms with Gasteiger partial charge in [-0.1, -0.05) is 0 Å². The van der Waals surface area contributed by atoms with Crippen LogP contribution in [-0.2, 0) is 0 Å². The summed E-state index contributed by atoms with van der Waals surface area (Å²) in [5.74, 6) is -0.601. The van der Waals surface area contributed by atoms with E-state index < -0.39 is 11.9 Å². The molecule has 0 saturated carbocycles. The molecule has 1 aromatic heterocycles. The van der Waals surface area contributed by atoms with Gasteiger partial charge in [-0.3, -0.25) is 0 Å². The highest BCUT2D eigenvalue weighted by Gasteiger charge is 2.19. The van der Waals surface area contributed by atoms with Crippen molar-refractivity contribution in [1.82, 2.24) is 4.98 Å². The van der Waals surface area contributed by atoms with Crippen LogP contribution in [0.2, 0.25) is 0 Å². The van der Waals surface area contributed by atoms with Crippen molar-refractivity contribution >= 4 is 0 Å². The number of hydrogen-bond acceptors (Lipinski definition) is 5. The summed E-state index contributed by atoms with van der Waals surface area (Å²) in [4.78, 5) is 3.76. The summed E-state index contributed by atoms with van der Waals surface area (Å²) in [5.41, 5.74) is 5.05. The fourth-order valence-electron chi connectivity index (χ4n) is 1.09. The first-order chi connectivity index (χ1) is 7.13. The summed E-state index contributed by atoms with van der Waals surface area (Å²) < 4.78 is 23.2. The van der Waals surface area contributed by atoms with E-state index in [0.717, 1.165) is 0 Å². The number of aromatic nitrogens is 1. The highest BCUT2D eigenvalue weighted by atomic mass is 19.1. The molecule has 0 spiro atoms. The smallest absolute Gasteiger partial charge is 0.217 e. The Bertz CT molecular complexity index is 346. The van der Waals surface area contributed by atoms with Crippen molar-refractivity contribution < 1.29 is 19.0 Å². The number of halogens is 1. The molecule has 1 unspecified atom stereocenters. The van der Waals surface area contributed by atoms with Gasteiger partial charge < -0.3 is 20.3 Å². The number of pyridine rings is 1. The molecular weight excluding hydrogens is 203 g/mol. The van der Waals surface area contributed by atoms with E-state index in [1.165, 1.54) is 20.3 Å². The molecule has 0 aliphatic heterocycles. The van der Waals surface area contributed by atoms with E-state index in [4.69, 9.17) is 15.2 Å². The topological polar surface area (TPSA) is 77.6 Å². The number of hydrogen-bond donors (Lipinski definition) is 2. The summed E-state index contributed by atoms with van der Waals surface area (Å²) >= 11 is 0. The largest absolute Gasteiger partial charge is 0.493 e. The average Bonchev–Trinajstić information content (AvgIpc) is 2.28. The molecule has 1 rings (SSSR count). The minimum Gasteiger partial charge on any atom is -0.493 e. The Kier molecular flexibility index (Phi) is 3.81. The summed E-state index contributed by atoms with van der Waals surface area (Å²) in [6, 6.07) is 1.29.